The zero-order valence-corrected chi connectivity index (χ0v) is 14.8. The van der Waals surface area contributed by atoms with Crippen LogP contribution in [0.5, 0.6) is 0 Å². The topological polar surface area (TPSA) is 61.4 Å². The summed E-state index contributed by atoms with van der Waals surface area (Å²) in [5, 5.41) is 15.1. The highest BCUT2D eigenvalue weighted by Crippen LogP contribution is 2.21. The molecule has 2 aromatic rings. The molecule has 0 radical (unpaired) electrons. The summed E-state index contributed by atoms with van der Waals surface area (Å²) in [7, 11) is 0. The number of rotatable bonds is 8. The number of aliphatic hydroxyl groups excluding tert-OH is 1. The molecule has 3 N–H and O–H groups in total. The molecule has 2 aromatic carbocycles. The minimum Gasteiger partial charge on any atom is -0.396 e. The van der Waals surface area contributed by atoms with Crippen LogP contribution in [-0.4, -0.2) is 30.8 Å². The number of carbonyl (C=O) groups excluding carboxylic acids is 1. The summed E-state index contributed by atoms with van der Waals surface area (Å²) in [6.07, 6.45) is 0.895. The maximum Gasteiger partial charge on any atom is 0.314 e. The lowest BCUT2D eigenvalue weighted by Gasteiger charge is -2.27. The first kappa shape index (κ1) is 19.8. The molecule has 0 heterocycles. The third kappa shape index (κ3) is 6.11. The smallest absolute Gasteiger partial charge is 0.314 e. The first-order valence-electron chi connectivity index (χ1n) is 8.52. The van der Waals surface area contributed by atoms with Gasteiger partial charge in [0.25, 0.3) is 0 Å². The number of nitrogens with one attached hydrogen (secondary N) is 2. The Bertz CT molecular complexity index is 725. The van der Waals surface area contributed by atoms with Gasteiger partial charge in [0.15, 0.2) is 0 Å². The van der Waals surface area contributed by atoms with Gasteiger partial charge in [-0.15, -0.1) is 0 Å². The second-order valence-corrected chi connectivity index (χ2v) is 6.73. The molecule has 0 aromatic heterocycles. The molecule has 6 heteroatoms. The lowest BCUT2D eigenvalue weighted by atomic mass is 9.84. The molecule has 2 rings (SSSR count). The molecule has 4 nitrogen and oxygen atoms in total. The highest BCUT2D eigenvalue weighted by molar-refractivity contribution is 5.73. The fourth-order valence-electron chi connectivity index (χ4n) is 2.65. The number of hydrogen-bond acceptors (Lipinski definition) is 2. The minimum absolute atomic E-state index is 0.0665. The number of amides is 2. The molecule has 0 saturated heterocycles. The Labute approximate surface area is 152 Å². The number of urea groups is 1. The van der Waals surface area contributed by atoms with Crippen molar-refractivity contribution in [3.05, 3.63) is 71.3 Å². The predicted molar refractivity (Wildman–Crippen MR) is 96.8 cm³/mol. The van der Waals surface area contributed by atoms with Crippen LogP contribution in [0.25, 0.3) is 0 Å². The second kappa shape index (κ2) is 9.29. The number of halogens is 2. The van der Waals surface area contributed by atoms with Gasteiger partial charge in [0.2, 0.25) is 0 Å². The molecular formula is C20H24F2N2O2. The van der Waals surface area contributed by atoms with Gasteiger partial charge in [-0.05, 0) is 30.0 Å². The standard InChI is InChI=1S/C20H24F2N2O2/c1-20(14-25,12-15-5-3-2-4-6-15)13-24-19(26)23-10-9-16-7-8-17(21)11-18(16)22/h2-8,11,25H,9-10,12-14H2,1H3,(H2,23,24,26)/t20-/m1/s1. The summed E-state index contributed by atoms with van der Waals surface area (Å²) in [4.78, 5) is 11.9. The van der Waals surface area contributed by atoms with E-state index in [9.17, 15) is 18.7 Å². The van der Waals surface area contributed by atoms with E-state index in [-0.39, 0.29) is 25.6 Å². The van der Waals surface area contributed by atoms with Crippen molar-refractivity contribution in [3.8, 4) is 0 Å². The number of carbonyl (C=O) groups is 1. The highest BCUT2D eigenvalue weighted by atomic mass is 19.1. The number of hydrogen-bond donors (Lipinski definition) is 3. The van der Waals surface area contributed by atoms with Crippen LogP contribution in [0.3, 0.4) is 0 Å². The van der Waals surface area contributed by atoms with E-state index in [1.807, 2.05) is 37.3 Å². The van der Waals surface area contributed by atoms with Crippen molar-refractivity contribution in [2.24, 2.45) is 5.41 Å². The van der Waals surface area contributed by atoms with Crippen LogP contribution in [0, 0.1) is 17.0 Å². The molecule has 0 unspecified atom stereocenters. The van der Waals surface area contributed by atoms with Crippen molar-refractivity contribution >= 4 is 6.03 Å². The number of benzene rings is 2. The Balaban J connectivity index is 1.77. The normalized spacial score (nSPS) is 13.1. The van der Waals surface area contributed by atoms with E-state index in [1.165, 1.54) is 12.1 Å². The molecule has 0 saturated carbocycles. The Morgan fingerprint density at radius 1 is 1.12 bits per heavy atom. The maximum absolute atomic E-state index is 13.5. The quantitative estimate of drug-likeness (QED) is 0.676. The lowest BCUT2D eigenvalue weighted by Crippen LogP contribution is -2.44. The van der Waals surface area contributed by atoms with E-state index in [4.69, 9.17) is 0 Å². The summed E-state index contributed by atoms with van der Waals surface area (Å²) >= 11 is 0. The molecule has 26 heavy (non-hydrogen) atoms. The third-order valence-corrected chi connectivity index (χ3v) is 4.23. The van der Waals surface area contributed by atoms with E-state index in [0.29, 0.717) is 18.5 Å². The molecule has 1 atom stereocenters. The zero-order valence-electron chi connectivity index (χ0n) is 14.8. The van der Waals surface area contributed by atoms with Gasteiger partial charge in [-0.2, -0.15) is 0 Å². The summed E-state index contributed by atoms with van der Waals surface area (Å²) < 4.78 is 26.4. The van der Waals surface area contributed by atoms with Crippen molar-refractivity contribution in [3.63, 3.8) is 0 Å². The van der Waals surface area contributed by atoms with E-state index >= 15 is 0 Å². The molecule has 0 bridgehead atoms. The van der Waals surface area contributed by atoms with E-state index < -0.39 is 17.0 Å². The molecule has 140 valence electrons. The van der Waals surface area contributed by atoms with Crippen LogP contribution >= 0.6 is 0 Å². The van der Waals surface area contributed by atoms with Gasteiger partial charge in [-0.3, -0.25) is 0 Å². The molecule has 0 aliphatic carbocycles. The second-order valence-electron chi connectivity index (χ2n) is 6.73. The van der Waals surface area contributed by atoms with E-state index in [0.717, 1.165) is 11.6 Å². The Kier molecular flexibility index (Phi) is 7.09. The highest BCUT2D eigenvalue weighted by Gasteiger charge is 2.24. The van der Waals surface area contributed by atoms with Crippen molar-refractivity contribution < 1.29 is 18.7 Å². The van der Waals surface area contributed by atoms with Crippen LogP contribution in [0.4, 0.5) is 13.6 Å². The molecular weight excluding hydrogens is 338 g/mol. The lowest BCUT2D eigenvalue weighted by molar-refractivity contribution is 0.140. The fraction of sp³-hybridized carbons (Fsp3) is 0.350. The van der Waals surface area contributed by atoms with Gasteiger partial charge in [0.1, 0.15) is 11.6 Å². The molecule has 0 aliphatic rings. The predicted octanol–water partition coefficient (Wildman–Crippen LogP) is 3.05. The molecule has 0 spiro atoms. The zero-order chi connectivity index (χ0) is 19.0. The van der Waals surface area contributed by atoms with Gasteiger partial charge < -0.3 is 15.7 Å². The van der Waals surface area contributed by atoms with Crippen molar-refractivity contribution in [2.45, 2.75) is 19.8 Å². The van der Waals surface area contributed by atoms with Crippen LogP contribution in [0.2, 0.25) is 0 Å². The van der Waals surface area contributed by atoms with Crippen LogP contribution in [-0.2, 0) is 12.8 Å². The van der Waals surface area contributed by atoms with Crippen molar-refractivity contribution in [1.82, 2.24) is 10.6 Å². The van der Waals surface area contributed by atoms with Gasteiger partial charge in [-0.25, -0.2) is 13.6 Å². The van der Waals surface area contributed by atoms with Gasteiger partial charge in [0, 0.05) is 24.6 Å². The maximum atomic E-state index is 13.5. The third-order valence-electron chi connectivity index (χ3n) is 4.23. The van der Waals surface area contributed by atoms with Gasteiger partial charge in [-0.1, -0.05) is 43.3 Å². The van der Waals surface area contributed by atoms with Crippen molar-refractivity contribution in [2.75, 3.05) is 19.7 Å². The average molecular weight is 362 g/mol. The van der Waals surface area contributed by atoms with Crippen molar-refractivity contribution in [1.29, 1.82) is 0 Å². The summed E-state index contributed by atoms with van der Waals surface area (Å²) in [6.45, 7) is 2.36. The first-order valence-corrected chi connectivity index (χ1v) is 8.52. The summed E-state index contributed by atoms with van der Waals surface area (Å²) in [5.41, 5.74) is 0.941. The molecule has 0 aliphatic heterocycles. The average Bonchev–Trinajstić information content (AvgIpc) is 2.63. The Morgan fingerprint density at radius 3 is 2.50 bits per heavy atom. The first-order chi connectivity index (χ1) is 12.4. The van der Waals surface area contributed by atoms with Crippen LogP contribution < -0.4 is 10.6 Å². The monoisotopic (exact) mass is 362 g/mol. The van der Waals surface area contributed by atoms with E-state index in [1.54, 1.807) is 0 Å². The largest absolute Gasteiger partial charge is 0.396 e. The number of aliphatic hydroxyl groups is 1. The Morgan fingerprint density at radius 2 is 1.85 bits per heavy atom. The molecule has 0 fully saturated rings. The van der Waals surface area contributed by atoms with E-state index in [2.05, 4.69) is 10.6 Å². The summed E-state index contributed by atoms with van der Waals surface area (Å²) in [6, 6.07) is 12.7. The molecule has 2 amide bonds. The van der Waals surface area contributed by atoms with Gasteiger partial charge in [0.05, 0.1) is 6.61 Å². The van der Waals surface area contributed by atoms with Crippen LogP contribution in [0.15, 0.2) is 48.5 Å². The fourth-order valence-corrected chi connectivity index (χ4v) is 2.65. The van der Waals surface area contributed by atoms with Crippen LogP contribution in [0.1, 0.15) is 18.1 Å². The SMILES string of the molecule is C[C@](CO)(CNC(=O)NCCc1ccc(F)cc1F)Cc1ccccc1. The summed E-state index contributed by atoms with van der Waals surface area (Å²) in [5.74, 6) is -1.25. The van der Waals surface area contributed by atoms with Gasteiger partial charge >= 0.3 is 6.03 Å². The minimum atomic E-state index is -0.626. The Hall–Kier alpha value is -2.47.